The number of likely N-dealkylation sites (N-methyl/N-ethyl adjacent to an activating group) is 1. The van der Waals surface area contributed by atoms with Crippen LogP contribution < -0.4 is 10.6 Å². The van der Waals surface area contributed by atoms with Gasteiger partial charge in [-0.1, -0.05) is 11.6 Å². The summed E-state index contributed by atoms with van der Waals surface area (Å²) in [5.74, 6) is 1.06. The number of aryl methyl sites for hydroxylation is 1. The fourth-order valence-electron chi connectivity index (χ4n) is 2.34. The van der Waals surface area contributed by atoms with Crippen LogP contribution in [-0.4, -0.2) is 48.1 Å². The highest BCUT2D eigenvalue weighted by molar-refractivity contribution is 6.33. The molecule has 0 aliphatic carbocycles. The minimum Gasteiger partial charge on any atom is -0.368 e. The third kappa shape index (κ3) is 2.67. The molecule has 0 unspecified atom stereocenters. The Morgan fingerprint density at radius 2 is 2.11 bits per heavy atom. The molecule has 1 aliphatic heterocycles. The number of halogens is 1. The van der Waals surface area contributed by atoms with E-state index in [4.69, 9.17) is 17.3 Å². The van der Waals surface area contributed by atoms with Crippen LogP contribution in [0.5, 0.6) is 0 Å². The number of hydrogen-bond donors (Lipinski definition) is 1. The summed E-state index contributed by atoms with van der Waals surface area (Å²) >= 11 is 6.29. The van der Waals surface area contributed by atoms with Gasteiger partial charge < -0.3 is 15.5 Å². The third-order valence-corrected chi connectivity index (χ3v) is 3.89. The van der Waals surface area contributed by atoms with Gasteiger partial charge in [0.2, 0.25) is 5.95 Å². The van der Waals surface area contributed by atoms with Crippen molar-refractivity contribution in [2.45, 2.75) is 25.8 Å². The van der Waals surface area contributed by atoms with E-state index in [-0.39, 0.29) is 0 Å². The molecule has 1 aliphatic rings. The van der Waals surface area contributed by atoms with Gasteiger partial charge in [-0.25, -0.2) is 4.98 Å². The van der Waals surface area contributed by atoms with Gasteiger partial charge in [0.05, 0.1) is 5.69 Å². The second-order valence-corrected chi connectivity index (χ2v) is 5.39. The lowest BCUT2D eigenvalue weighted by molar-refractivity contribution is 0.257. The Balaban J connectivity index is 2.26. The standard InChI is InChI=1S/C12H20ClN5/c1-8-10(13)11(16-12(14)15-8)18-6-4-5-9(7-18)17(2)3/h9H,4-7H2,1-3H3,(H2,14,15,16)/t9-/m0/s1. The van der Waals surface area contributed by atoms with Crippen LogP contribution in [0.2, 0.25) is 5.02 Å². The van der Waals surface area contributed by atoms with Crippen LogP contribution in [0, 0.1) is 6.92 Å². The van der Waals surface area contributed by atoms with E-state index < -0.39 is 0 Å². The second-order valence-electron chi connectivity index (χ2n) is 5.01. The van der Waals surface area contributed by atoms with E-state index in [2.05, 4.69) is 33.9 Å². The van der Waals surface area contributed by atoms with Crippen molar-refractivity contribution in [2.24, 2.45) is 0 Å². The van der Waals surface area contributed by atoms with E-state index in [1.54, 1.807) is 0 Å². The predicted molar refractivity (Wildman–Crippen MR) is 75.1 cm³/mol. The molecule has 100 valence electrons. The maximum absolute atomic E-state index is 6.29. The first kappa shape index (κ1) is 13.4. The van der Waals surface area contributed by atoms with E-state index in [1.807, 2.05) is 6.92 Å². The monoisotopic (exact) mass is 269 g/mol. The van der Waals surface area contributed by atoms with Gasteiger partial charge in [0.1, 0.15) is 5.02 Å². The Bertz CT molecular complexity index is 435. The molecular formula is C12H20ClN5. The maximum atomic E-state index is 6.29. The lowest BCUT2D eigenvalue weighted by Crippen LogP contribution is -2.45. The number of anilines is 2. The number of aromatic nitrogens is 2. The molecule has 1 saturated heterocycles. The van der Waals surface area contributed by atoms with Crippen LogP contribution in [0.25, 0.3) is 0 Å². The minimum atomic E-state index is 0.291. The quantitative estimate of drug-likeness (QED) is 0.883. The normalized spacial score (nSPS) is 20.5. The van der Waals surface area contributed by atoms with Gasteiger partial charge in [0.15, 0.2) is 5.82 Å². The van der Waals surface area contributed by atoms with Crippen molar-refractivity contribution in [3.63, 3.8) is 0 Å². The number of nitrogens with two attached hydrogens (primary N) is 1. The summed E-state index contributed by atoms with van der Waals surface area (Å²) in [4.78, 5) is 12.8. The lowest BCUT2D eigenvalue weighted by Gasteiger charge is -2.37. The average molecular weight is 270 g/mol. The number of hydrogen-bond acceptors (Lipinski definition) is 5. The SMILES string of the molecule is Cc1nc(N)nc(N2CCC[C@H](N(C)C)C2)c1Cl. The summed E-state index contributed by atoms with van der Waals surface area (Å²) in [7, 11) is 4.21. The molecule has 2 heterocycles. The molecule has 0 radical (unpaired) electrons. The zero-order chi connectivity index (χ0) is 13.3. The molecule has 0 aromatic carbocycles. The Morgan fingerprint density at radius 1 is 1.39 bits per heavy atom. The molecule has 0 amide bonds. The van der Waals surface area contributed by atoms with Crippen molar-refractivity contribution in [3.8, 4) is 0 Å². The molecule has 18 heavy (non-hydrogen) atoms. The summed E-state index contributed by atoms with van der Waals surface area (Å²) < 4.78 is 0. The molecule has 2 N–H and O–H groups in total. The van der Waals surface area contributed by atoms with E-state index in [0.29, 0.717) is 17.0 Å². The van der Waals surface area contributed by atoms with E-state index >= 15 is 0 Å². The number of piperidine rings is 1. The summed E-state index contributed by atoms with van der Waals surface area (Å²) in [6.07, 6.45) is 2.35. The molecular weight excluding hydrogens is 250 g/mol. The summed E-state index contributed by atoms with van der Waals surface area (Å²) in [6.45, 7) is 3.76. The second kappa shape index (κ2) is 5.28. The average Bonchev–Trinajstić information content (AvgIpc) is 2.34. The van der Waals surface area contributed by atoms with Gasteiger partial charge in [-0.15, -0.1) is 0 Å². The topological polar surface area (TPSA) is 58.3 Å². The molecule has 1 aromatic rings. The summed E-state index contributed by atoms with van der Waals surface area (Å²) in [5.41, 5.74) is 6.45. The molecule has 5 nitrogen and oxygen atoms in total. The van der Waals surface area contributed by atoms with Crippen LogP contribution in [0.1, 0.15) is 18.5 Å². The Morgan fingerprint density at radius 3 is 2.78 bits per heavy atom. The maximum Gasteiger partial charge on any atom is 0.222 e. The van der Waals surface area contributed by atoms with E-state index in [0.717, 1.165) is 31.0 Å². The Labute approximate surface area is 113 Å². The molecule has 1 atom stereocenters. The largest absolute Gasteiger partial charge is 0.368 e. The molecule has 0 spiro atoms. The van der Waals surface area contributed by atoms with Crippen LogP contribution in [0.15, 0.2) is 0 Å². The molecule has 1 aromatic heterocycles. The number of nitrogen functional groups attached to an aromatic ring is 1. The molecule has 0 bridgehead atoms. The molecule has 0 saturated carbocycles. The number of rotatable bonds is 2. The lowest BCUT2D eigenvalue weighted by atomic mass is 10.0. The van der Waals surface area contributed by atoms with Crippen molar-refractivity contribution in [1.29, 1.82) is 0 Å². The van der Waals surface area contributed by atoms with Gasteiger partial charge >= 0.3 is 0 Å². The first-order chi connectivity index (χ1) is 8.49. The Kier molecular flexibility index (Phi) is 3.92. The minimum absolute atomic E-state index is 0.291. The van der Waals surface area contributed by atoms with Crippen LogP contribution >= 0.6 is 11.6 Å². The fraction of sp³-hybridized carbons (Fsp3) is 0.667. The highest BCUT2D eigenvalue weighted by atomic mass is 35.5. The van der Waals surface area contributed by atoms with Crippen molar-refractivity contribution in [3.05, 3.63) is 10.7 Å². The van der Waals surface area contributed by atoms with Crippen LogP contribution in [-0.2, 0) is 0 Å². The molecule has 2 rings (SSSR count). The zero-order valence-electron chi connectivity index (χ0n) is 11.1. The first-order valence-corrected chi connectivity index (χ1v) is 6.58. The van der Waals surface area contributed by atoms with Crippen molar-refractivity contribution >= 4 is 23.4 Å². The van der Waals surface area contributed by atoms with Crippen molar-refractivity contribution < 1.29 is 0 Å². The van der Waals surface area contributed by atoms with Crippen LogP contribution in [0.3, 0.4) is 0 Å². The van der Waals surface area contributed by atoms with Gasteiger partial charge in [0.25, 0.3) is 0 Å². The summed E-state index contributed by atoms with van der Waals surface area (Å²) in [6, 6.07) is 0.534. The third-order valence-electron chi connectivity index (χ3n) is 3.44. The van der Waals surface area contributed by atoms with Gasteiger partial charge in [-0.3, -0.25) is 0 Å². The zero-order valence-corrected chi connectivity index (χ0v) is 11.9. The molecule has 1 fully saturated rings. The Hall–Kier alpha value is -1.07. The fourth-order valence-corrected chi connectivity index (χ4v) is 2.55. The van der Waals surface area contributed by atoms with Gasteiger partial charge in [-0.05, 0) is 33.9 Å². The smallest absolute Gasteiger partial charge is 0.222 e. The summed E-state index contributed by atoms with van der Waals surface area (Å²) in [5, 5.41) is 0.614. The van der Waals surface area contributed by atoms with E-state index in [1.165, 1.54) is 6.42 Å². The van der Waals surface area contributed by atoms with E-state index in [9.17, 15) is 0 Å². The van der Waals surface area contributed by atoms with Crippen molar-refractivity contribution in [1.82, 2.24) is 14.9 Å². The number of nitrogens with zero attached hydrogens (tertiary/aromatic N) is 4. The first-order valence-electron chi connectivity index (χ1n) is 6.20. The van der Waals surface area contributed by atoms with Gasteiger partial charge in [-0.2, -0.15) is 4.98 Å². The highest BCUT2D eigenvalue weighted by Crippen LogP contribution is 2.29. The molecule has 6 heteroatoms. The van der Waals surface area contributed by atoms with Crippen LogP contribution in [0.4, 0.5) is 11.8 Å². The van der Waals surface area contributed by atoms with Crippen molar-refractivity contribution in [2.75, 3.05) is 37.8 Å². The predicted octanol–water partition coefficient (Wildman–Crippen LogP) is 1.55. The van der Waals surface area contributed by atoms with Gasteiger partial charge in [0, 0.05) is 19.1 Å². The highest BCUT2D eigenvalue weighted by Gasteiger charge is 2.24.